The molecular formula is C12H19N. The van der Waals surface area contributed by atoms with E-state index in [0.717, 1.165) is 24.4 Å². The predicted octanol–water partition coefficient (Wildman–Crippen LogP) is 2.18. The van der Waals surface area contributed by atoms with E-state index in [1.165, 1.54) is 38.5 Å². The normalized spacial score (nSPS) is 34.1. The molecule has 0 saturated heterocycles. The number of terminal acetylenes is 1. The van der Waals surface area contributed by atoms with Crippen molar-refractivity contribution >= 4 is 0 Å². The second-order valence-electron chi connectivity index (χ2n) is 4.48. The fourth-order valence-corrected chi connectivity index (χ4v) is 2.69. The van der Waals surface area contributed by atoms with E-state index in [1.807, 2.05) is 0 Å². The molecule has 0 radical (unpaired) electrons. The summed E-state index contributed by atoms with van der Waals surface area (Å²) in [6.45, 7) is 0.758. The second kappa shape index (κ2) is 4.15. The van der Waals surface area contributed by atoms with Crippen molar-refractivity contribution in [2.75, 3.05) is 6.54 Å². The fourth-order valence-electron chi connectivity index (χ4n) is 2.69. The Kier molecular flexibility index (Phi) is 2.90. The Morgan fingerprint density at radius 2 is 1.92 bits per heavy atom. The van der Waals surface area contributed by atoms with E-state index in [-0.39, 0.29) is 0 Å². The minimum Gasteiger partial charge on any atom is -0.303 e. The fraction of sp³-hybridized carbons (Fsp3) is 0.833. The summed E-state index contributed by atoms with van der Waals surface area (Å²) in [5, 5.41) is 3.51. The maximum Gasteiger partial charge on any atom is 0.0576 e. The van der Waals surface area contributed by atoms with Crippen molar-refractivity contribution in [3.05, 3.63) is 0 Å². The lowest BCUT2D eigenvalue weighted by Crippen LogP contribution is -2.39. The highest BCUT2D eigenvalue weighted by Gasteiger charge is 2.37. The molecule has 2 rings (SSSR count). The quantitative estimate of drug-likeness (QED) is 0.651. The summed E-state index contributed by atoms with van der Waals surface area (Å²) in [6, 6.07) is 0.734. The molecular weight excluding hydrogens is 158 g/mol. The molecule has 2 atom stereocenters. The summed E-state index contributed by atoms with van der Waals surface area (Å²) in [5.74, 6) is 4.67. The van der Waals surface area contributed by atoms with Gasteiger partial charge in [0, 0.05) is 6.04 Å². The molecule has 2 aliphatic rings. The van der Waals surface area contributed by atoms with Gasteiger partial charge in [-0.2, -0.15) is 0 Å². The third kappa shape index (κ3) is 2.25. The Bertz CT molecular complexity index is 200. The minimum atomic E-state index is 0.734. The monoisotopic (exact) mass is 177 g/mol. The van der Waals surface area contributed by atoms with Crippen LogP contribution in [0.5, 0.6) is 0 Å². The van der Waals surface area contributed by atoms with E-state index in [0.29, 0.717) is 0 Å². The van der Waals surface area contributed by atoms with Gasteiger partial charge in [-0.1, -0.05) is 18.8 Å². The zero-order valence-electron chi connectivity index (χ0n) is 8.26. The van der Waals surface area contributed by atoms with Crippen LogP contribution in [0.4, 0.5) is 0 Å². The van der Waals surface area contributed by atoms with Crippen LogP contribution in [0.1, 0.15) is 38.5 Å². The first-order chi connectivity index (χ1) is 6.42. The molecule has 2 unspecified atom stereocenters. The van der Waals surface area contributed by atoms with Gasteiger partial charge in [0.15, 0.2) is 0 Å². The Balaban J connectivity index is 1.85. The van der Waals surface area contributed by atoms with Gasteiger partial charge in [-0.15, -0.1) is 6.42 Å². The smallest absolute Gasteiger partial charge is 0.0576 e. The first-order valence-electron chi connectivity index (χ1n) is 5.58. The SMILES string of the molecule is C#CCNC1CCCCC1C1CC1. The molecule has 72 valence electrons. The summed E-state index contributed by atoms with van der Waals surface area (Å²) in [4.78, 5) is 0. The summed E-state index contributed by atoms with van der Waals surface area (Å²) in [5.41, 5.74) is 0. The molecule has 2 aliphatic carbocycles. The zero-order chi connectivity index (χ0) is 9.10. The van der Waals surface area contributed by atoms with Gasteiger partial charge in [0.05, 0.1) is 6.54 Å². The summed E-state index contributed by atoms with van der Waals surface area (Å²) >= 11 is 0. The Labute approximate surface area is 81.3 Å². The molecule has 0 bridgehead atoms. The van der Waals surface area contributed by atoms with Crippen molar-refractivity contribution in [1.82, 2.24) is 5.32 Å². The van der Waals surface area contributed by atoms with Crippen LogP contribution < -0.4 is 5.32 Å². The molecule has 1 nitrogen and oxygen atoms in total. The Morgan fingerprint density at radius 1 is 1.15 bits per heavy atom. The highest BCUT2D eigenvalue weighted by atomic mass is 14.9. The molecule has 0 aromatic heterocycles. The van der Waals surface area contributed by atoms with Gasteiger partial charge in [0.2, 0.25) is 0 Å². The lowest BCUT2D eigenvalue weighted by atomic mass is 9.81. The molecule has 0 aromatic carbocycles. The lowest BCUT2D eigenvalue weighted by Gasteiger charge is -2.32. The molecule has 0 aliphatic heterocycles. The molecule has 2 fully saturated rings. The van der Waals surface area contributed by atoms with E-state index < -0.39 is 0 Å². The molecule has 0 spiro atoms. The number of rotatable bonds is 3. The van der Waals surface area contributed by atoms with Gasteiger partial charge in [0.1, 0.15) is 0 Å². The molecule has 1 heteroatoms. The maximum absolute atomic E-state index is 5.27. The van der Waals surface area contributed by atoms with Crippen molar-refractivity contribution in [2.24, 2.45) is 11.8 Å². The number of hydrogen-bond acceptors (Lipinski definition) is 1. The highest BCUT2D eigenvalue weighted by molar-refractivity contribution is 4.94. The van der Waals surface area contributed by atoms with Crippen molar-refractivity contribution in [3.8, 4) is 12.3 Å². The average Bonchev–Trinajstić information content (AvgIpc) is 2.98. The summed E-state index contributed by atoms with van der Waals surface area (Å²) in [7, 11) is 0. The molecule has 2 saturated carbocycles. The van der Waals surface area contributed by atoms with Gasteiger partial charge >= 0.3 is 0 Å². The Hall–Kier alpha value is -0.480. The van der Waals surface area contributed by atoms with Crippen LogP contribution in [0.15, 0.2) is 0 Å². The van der Waals surface area contributed by atoms with Crippen molar-refractivity contribution in [1.29, 1.82) is 0 Å². The zero-order valence-corrected chi connectivity index (χ0v) is 8.26. The Morgan fingerprint density at radius 3 is 2.62 bits per heavy atom. The van der Waals surface area contributed by atoms with Crippen molar-refractivity contribution in [2.45, 2.75) is 44.6 Å². The van der Waals surface area contributed by atoms with E-state index >= 15 is 0 Å². The first kappa shape index (κ1) is 9.09. The third-order valence-corrected chi connectivity index (χ3v) is 3.51. The van der Waals surface area contributed by atoms with Crippen LogP contribution in [0.25, 0.3) is 0 Å². The number of nitrogens with one attached hydrogen (secondary N) is 1. The minimum absolute atomic E-state index is 0.734. The highest BCUT2D eigenvalue weighted by Crippen LogP contribution is 2.43. The van der Waals surface area contributed by atoms with E-state index in [1.54, 1.807) is 0 Å². The van der Waals surface area contributed by atoms with E-state index in [4.69, 9.17) is 6.42 Å². The molecule has 1 N–H and O–H groups in total. The van der Waals surface area contributed by atoms with Gasteiger partial charge in [0.25, 0.3) is 0 Å². The molecule has 13 heavy (non-hydrogen) atoms. The molecule has 0 amide bonds. The van der Waals surface area contributed by atoms with Crippen molar-refractivity contribution < 1.29 is 0 Å². The molecule has 0 aromatic rings. The predicted molar refractivity (Wildman–Crippen MR) is 55.3 cm³/mol. The van der Waals surface area contributed by atoms with Crippen LogP contribution in [0, 0.1) is 24.2 Å². The third-order valence-electron chi connectivity index (χ3n) is 3.51. The largest absolute Gasteiger partial charge is 0.303 e. The van der Waals surface area contributed by atoms with Gasteiger partial charge in [-0.3, -0.25) is 0 Å². The van der Waals surface area contributed by atoms with E-state index in [9.17, 15) is 0 Å². The maximum atomic E-state index is 5.27. The van der Waals surface area contributed by atoms with E-state index in [2.05, 4.69) is 11.2 Å². The topological polar surface area (TPSA) is 12.0 Å². The second-order valence-corrected chi connectivity index (χ2v) is 4.48. The van der Waals surface area contributed by atoms with Crippen LogP contribution >= 0.6 is 0 Å². The van der Waals surface area contributed by atoms with Crippen LogP contribution in [-0.4, -0.2) is 12.6 Å². The van der Waals surface area contributed by atoms with Gasteiger partial charge in [-0.25, -0.2) is 0 Å². The van der Waals surface area contributed by atoms with Crippen LogP contribution in [0.2, 0.25) is 0 Å². The number of hydrogen-bond donors (Lipinski definition) is 1. The lowest BCUT2D eigenvalue weighted by molar-refractivity contribution is 0.242. The van der Waals surface area contributed by atoms with Crippen LogP contribution in [-0.2, 0) is 0 Å². The van der Waals surface area contributed by atoms with Crippen LogP contribution in [0.3, 0.4) is 0 Å². The van der Waals surface area contributed by atoms with Gasteiger partial charge < -0.3 is 5.32 Å². The standard InChI is InChI=1S/C12H19N/c1-2-9-13-12-6-4-3-5-11(12)10-7-8-10/h1,10-13H,3-9H2. The first-order valence-corrected chi connectivity index (χ1v) is 5.58. The molecule has 0 heterocycles. The van der Waals surface area contributed by atoms with Gasteiger partial charge in [-0.05, 0) is 37.5 Å². The summed E-state index contributed by atoms with van der Waals surface area (Å²) in [6.07, 6.45) is 13.8. The summed E-state index contributed by atoms with van der Waals surface area (Å²) < 4.78 is 0. The van der Waals surface area contributed by atoms with Crippen molar-refractivity contribution in [3.63, 3.8) is 0 Å². The average molecular weight is 177 g/mol.